The van der Waals surface area contributed by atoms with Gasteiger partial charge < -0.3 is 9.84 Å². The van der Waals surface area contributed by atoms with Crippen molar-refractivity contribution in [3.8, 4) is 5.75 Å². The molecule has 0 unspecified atom stereocenters. The summed E-state index contributed by atoms with van der Waals surface area (Å²) in [6.45, 7) is 2.16. The molecule has 0 bridgehead atoms. The van der Waals surface area contributed by atoms with Crippen molar-refractivity contribution in [1.82, 2.24) is 14.6 Å². The van der Waals surface area contributed by atoms with E-state index >= 15 is 0 Å². The minimum atomic E-state index is -1.02. The molecule has 21 heavy (non-hydrogen) atoms. The quantitative estimate of drug-likeness (QED) is 0.783. The number of rotatable bonds is 5. The molecule has 2 aromatic heterocycles. The van der Waals surface area contributed by atoms with E-state index in [0.717, 1.165) is 10.8 Å². The number of aromatic carboxylic acids is 1. The van der Waals surface area contributed by atoms with E-state index in [9.17, 15) is 4.79 Å². The fourth-order valence-electron chi connectivity index (χ4n) is 2.01. The van der Waals surface area contributed by atoms with Crippen LogP contribution >= 0.6 is 11.3 Å². The highest BCUT2D eigenvalue weighted by molar-refractivity contribution is 7.16. The summed E-state index contributed by atoms with van der Waals surface area (Å²) in [5.41, 5.74) is 0.602. The minimum absolute atomic E-state index is 0.122. The second kappa shape index (κ2) is 5.53. The first-order valence-corrected chi connectivity index (χ1v) is 7.23. The van der Waals surface area contributed by atoms with Crippen LogP contribution < -0.4 is 4.74 Å². The lowest BCUT2D eigenvalue weighted by Gasteiger charge is -2.03. The van der Waals surface area contributed by atoms with E-state index in [4.69, 9.17) is 9.84 Å². The SMILES string of the molecule is Cc1nc2sc(CCOc3ccccc3)nn2c1C(=O)O. The third-order valence-electron chi connectivity index (χ3n) is 2.95. The lowest BCUT2D eigenvalue weighted by atomic mass is 10.3. The summed E-state index contributed by atoms with van der Waals surface area (Å²) < 4.78 is 6.99. The Balaban J connectivity index is 1.72. The molecular weight excluding hydrogens is 290 g/mol. The van der Waals surface area contributed by atoms with Crippen molar-refractivity contribution >= 4 is 22.3 Å². The number of carboxylic acids is 1. The zero-order chi connectivity index (χ0) is 14.8. The third-order valence-corrected chi connectivity index (χ3v) is 3.92. The van der Waals surface area contributed by atoms with Gasteiger partial charge in [-0.05, 0) is 19.1 Å². The van der Waals surface area contributed by atoms with Crippen molar-refractivity contribution in [2.75, 3.05) is 6.61 Å². The average Bonchev–Trinajstić information content (AvgIpc) is 2.95. The summed E-state index contributed by atoms with van der Waals surface area (Å²) >= 11 is 1.38. The van der Waals surface area contributed by atoms with E-state index in [2.05, 4.69) is 10.1 Å². The van der Waals surface area contributed by atoms with Crippen LogP contribution in [0.15, 0.2) is 30.3 Å². The van der Waals surface area contributed by atoms with Crippen LogP contribution in [-0.4, -0.2) is 32.3 Å². The van der Waals surface area contributed by atoms with Crippen molar-refractivity contribution in [3.05, 3.63) is 46.7 Å². The van der Waals surface area contributed by atoms with Gasteiger partial charge in [0.15, 0.2) is 5.69 Å². The molecule has 3 rings (SSSR count). The van der Waals surface area contributed by atoms with E-state index < -0.39 is 5.97 Å². The maximum absolute atomic E-state index is 11.2. The van der Waals surface area contributed by atoms with Gasteiger partial charge in [-0.1, -0.05) is 29.5 Å². The molecule has 0 aliphatic heterocycles. The molecule has 2 heterocycles. The van der Waals surface area contributed by atoms with Gasteiger partial charge in [0, 0.05) is 6.42 Å². The standard InChI is InChI=1S/C14H13N3O3S/c1-9-12(13(18)19)17-14(15-9)21-11(16-17)7-8-20-10-5-3-2-4-6-10/h2-6H,7-8H2,1H3,(H,18,19). The Bertz CT molecular complexity index is 779. The summed E-state index contributed by atoms with van der Waals surface area (Å²) in [5, 5.41) is 14.3. The fraction of sp³-hybridized carbons (Fsp3) is 0.214. The maximum Gasteiger partial charge on any atom is 0.356 e. The first-order valence-electron chi connectivity index (χ1n) is 6.41. The molecule has 1 aromatic carbocycles. The summed E-state index contributed by atoms with van der Waals surface area (Å²) in [7, 11) is 0. The third kappa shape index (κ3) is 2.73. The van der Waals surface area contributed by atoms with Crippen LogP contribution in [0.5, 0.6) is 5.75 Å². The maximum atomic E-state index is 11.2. The highest BCUT2D eigenvalue weighted by Gasteiger charge is 2.19. The van der Waals surface area contributed by atoms with Gasteiger partial charge in [-0.15, -0.1) is 0 Å². The lowest BCUT2D eigenvalue weighted by Crippen LogP contribution is -2.06. The number of fused-ring (bicyclic) bond motifs is 1. The Morgan fingerprint density at radius 2 is 2.14 bits per heavy atom. The monoisotopic (exact) mass is 303 g/mol. The second-order valence-electron chi connectivity index (χ2n) is 4.45. The number of para-hydroxylation sites is 1. The number of hydrogen-bond donors (Lipinski definition) is 1. The van der Waals surface area contributed by atoms with Gasteiger partial charge in [-0.3, -0.25) is 0 Å². The number of carboxylic acid groups (broad SMARTS) is 1. The van der Waals surface area contributed by atoms with E-state index in [1.54, 1.807) is 6.92 Å². The van der Waals surface area contributed by atoms with Crippen molar-refractivity contribution in [2.45, 2.75) is 13.3 Å². The molecule has 108 valence electrons. The van der Waals surface area contributed by atoms with Gasteiger partial charge in [0.05, 0.1) is 12.3 Å². The Hall–Kier alpha value is -2.41. The topological polar surface area (TPSA) is 76.7 Å². The molecule has 0 atom stereocenters. The number of aryl methyl sites for hydroxylation is 1. The smallest absolute Gasteiger partial charge is 0.356 e. The summed E-state index contributed by atoms with van der Waals surface area (Å²) in [5.74, 6) is -0.210. The molecule has 0 fully saturated rings. The lowest BCUT2D eigenvalue weighted by molar-refractivity contribution is 0.0687. The number of ether oxygens (including phenoxy) is 1. The van der Waals surface area contributed by atoms with Crippen molar-refractivity contribution in [1.29, 1.82) is 0 Å². The molecule has 0 spiro atoms. The Labute approximate surface area is 124 Å². The predicted octanol–water partition coefficient (Wildman–Crippen LogP) is 2.42. The van der Waals surface area contributed by atoms with Crippen molar-refractivity contribution in [3.63, 3.8) is 0 Å². The normalized spacial score (nSPS) is 10.9. The van der Waals surface area contributed by atoms with Crippen LogP contribution in [0.1, 0.15) is 21.2 Å². The minimum Gasteiger partial charge on any atom is -0.493 e. The number of hydrogen-bond acceptors (Lipinski definition) is 5. The van der Waals surface area contributed by atoms with Gasteiger partial charge >= 0.3 is 5.97 Å². The molecule has 0 radical (unpaired) electrons. The molecule has 1 N–H and O–H groups in total. The predicted molar refractivity (Wildman–Crippen MR) is 78.2 cm³/mol. The van der Waals surface area contributed by atoms with Crippen LogP contribution in [0.3, 0.4) is 0 Å². The van der Waals surface area contributed by atoms with Gasteiger partial charge in [-0.2, -0.15) is 9.61 Å². The van der Waals surface area contributed by atoms with E-state index in [0.29, 0.717) is 23.7 Å². The molecular formula is C14H13N3O3S. The van der Waals surface area contributed by atoms with E-state index in [1.165, 1.54) is 15.9 Å². The zero-order valence-corrected chi connectivity index (χ0v) is 12.1. The molecule has 0 saturated carbocycles. The van der Waals surface area contributed by atoms with Crippen LogP contribution in [0.2, 0.25) is 0 Å². The largest absolute Gasteiger partial charge is 0.493 e. The Morgan fingerprint density at radius 3 is 2.86 bits per heavy atom. The van der Waals surface area contributed by atoms with Crippen LogP contribution in [0.25, 0.3) is 4.96 Å². The first kappa shape index (κ1) is 13.6. The number of imidazole rings is 1. The molecule has 0 aliphatic carbocycles. The molecule has 6 nitrogen and oxygen atoms in total. The Morgan fingerprint density at radius 1 is 1.38 bits per heavy atom. The summed E-state index contributed by atoms with van der Waals surface area (Å²) in [6.07, 6.45) is 0.612. The highest BCUT2D eigenvalue weighted by Crippen LogP contribution is 2.19. The van der Waals surface area contributed by atoms with Gasteiger partial charge in [0.1, 0.15) is 10.8 Å². The van der Waals surface area contributed by atoms with Gasteiger partial charge in [0.2, 0.25) is 4.96 Å². The van der Waals surface area contributed by atoms with Crippen LogP contribution in [0.4, 0.5) is 0 Å². The number of aromatic nitrogens is 3. The molecule has 0 saturated heterocycles. The van der Waals surface area contributed by atoms with Crippen molar-refractivity contribution in [2.24, 2.45) is 0 Å². The number of carbonyl (C=O) groups is 1. The second-order valence-corrected chi connectivity index (χ2v) is 5.49. The number of benzene rings is 1. The first-order chi connectivity index (χ1) is 10.1. The summed E-state index contributed by atoms with van der Waals surface area (Å²) in [6, 6.07) is 9.53. The van der Waals surface area contributed by atoms with Crippen LogP contribution in [0, 0.1) is 6.92 Å². The molecule has 0 aliphatic rings. The molecule has 0 amide bonds. The van der Waals surface area contributed by atoms with Gasteiger partial charge in [0.25, 0.3) is 0 Å². The highest BCUT2D eigenvalue weighted by atomic mass is 32.1. The fourth-order valence-corrected chi connectivity index (χ4v) is 2.93. The zero-order valence-electron chi connectivity index (χ0n) is 11.3. The molecule has 3 aromatic rings. The van der Waals surface area contributed by atoms with E-state index in [-0.39, 0.29) is 5.69 Å². The van der Waals surface area contributed by atoms with Gasteiger partial charge in [-0.25, -0.2) is 9.78 Å². The number of nitrogens with zero attached hydrogens (tertiary/aromatic N) is 3. The van der Waals surface area contributed by atoms with Crippen LogP contribution in [-0.2, 0) is 6.42 Å². The van der Waals surface area contributed by atoms with Crippen molar-refractivity contribution < 1.29 is 14.6 Å². The Kier molecular flexibility index (Phi) is 3.57. The molecule has 7 heteroatoms. The average molecular weight is 303 g/mol. The summed E-state index contributed by atoms with van der Waals surface area (Å²) in [4.78, 5) is 16.0. The van der Waals surface area contributed by atoms with E-state index in [1.807, 2.05) is 30.3 Å².